The third-order valence-corrected chi connectivity index (χ3v) is 5.92. The zero-order chi connectivity index (χ0) is 17.6. The van der Waals surface area contributed by atoms with Crippen molar-refractivity contribution < 1.29 is 13.2 Å². The fraction of sp³-hybridized carbons (Fsp3) is 0.438. The van der Waals surface area contributed by atoms with Gasteiger partial charge in [0.2, 0.25) is 15.9 Å². The third kappa shape index (κ3) is 5.77. The van der Waals surface area contributed by atoms with Gasteiger partial charge in [-0.3, -0.25) is 4.79 Å². The van der Waals surface area contributed by atoms with Gasteiger partial charge in [-0.1, -0.05) is 34.9 Å². The fourth-order valence-electron chi connectivity index (χ4n) is 2.44. The normalized spacial score (nSPS) is 15.0. The maximum atomic E-state index is 12.1. The molecule has 1 aliphatic rings. The molecule has 0 heterocycles. The highest BCUT2D eigenvalue weighted by Gasteiger charge is 2.16. The first-order valence-electron chi connectivity index (χ1n) is 7.78. The molecule has 0 atom stereocenters. The zero-order valence-corrected chi connectivity index (χ0v) is 15.5. The van der Waals surface area contributed by atoms with Gasteiger partial charge in [0.25, 0.3) is 0 Å². The van der Waals surface area contributed by atoms with Crippen molar-refractivity contribution in [2.75, 3.05) is 13.1 Å². The summed E-state index contributed by atoms with van der Waals surface area (Å²) in [7, 11) is -3.81. The summed E-state index contributed by atoms with van der Waals surface area (Å²) >= 11 is 11.6. The lowest BCUT2D eigenvalue weighted by Gasteiger charge is -2.13. The number of hydrogen-bond donors (Lipinski definition) is 2. The number of nitrogens with one attached hydrogen (secondary N) is 2. The van der Waals surface area contributed by atoms with Gasteiger partial charge in [-0.15, -0.1) is 0 Å². The highest BCUT2D eigenvalue weighted by molar-refractivity contribution is 7.89. The predicted octanol–water partition coefficient (Wildman–Crippen LogP) is 3.28. The summed E-state index contributed by atoms with van der Waals surface area (Å²) in [4.78, 5) is 11.7. The molecule has 1 aromatic rings. The number of amides is 1. The summed E-state index contributed by atoms with van der Waals surface area (Å²) in [6.45, 7) is 0.195. The first-order chi connectivity index (χ1) is 11.4. The minimum Gasteiger partial charge on any atom is -0.355 e. The molecule has 132 valence electrons. The molecule has 1 aromatic carbocycles. The van der Waals surface area contributed by atoms with Gasteiger partial charge in [-0.25, -0.2) is 13.1 Å². The second-order valence-corrected chi connectivity index (χ2v) is 8.19. The second kappa shape index (κ2) is 8.85. The Balaban J connectivity index is 1.79. The molecular weight excluding hydrogens is 371 g/mol. The maximum absolute atomic E-state index is 12.1. The highest BCUT2D eigenvalue weighted by atomic mass is 35.5. The average Bonchev–Trinajstić information content (AvgIpc) is 2.56. The van der Waals surface area contributed by atoms with Gasteiger partial charge in [0, 0.05) is 6.54 Å². The van der Waals surface area contributed by atoms with Crippen LogP contribution in [0.1, 0.15) is 32.1 Å². The molecule has 1 aliphatic carbocycles. The Bertz CT molecular complexity index is 733. The Morgan fingerprint density at radius 3 is 2.62 bits per heavy atom. The van der Waals surface area contributed by atoms with Crippen LogP contribution in [-0.4, -0.2) is 27.4 Å². The van der Waals surface area contributed by atoms with Crippen LogP contribution in [0.4, 0.5) is 0 Å². The first kappa shape index (κ1) is 19.2. The van der Waals surface area contributed by atoms with E-state index in [4.69, 9.17) is 23.2 Å². The molecule has 5 nitrogen and oxygen atoms in total. The lowest BCUT2D eigenvalue weighted by Crippen LogP contribution is -2.37. The molecule has 0 saturated heterocycles. The quantitative estimate of drug-likeness (QED) is 0.701. The van der Waals surface area contributed by atoms with E-state index in [1.54, 1.807) is 0 Å². The number of hydrogen-bond acceptors (Lipinski definition) is 3. The van der Waals surface area contributed by atoms with Crippen molar-refractivity contribution in [2.45, 2.75) is 37.0 Å². The van der Waals surface area contributed by atoms with Crippen molar-refractivity contribution >= 4 is 39.1 Å². The van der Waals surface area contributed by atoms with Crippen LogP contribution in [0.25, 0.3) is 0 Å². The smallest absolute Gasteiger partial charge is 0.241 e. The van der Waals surface area contributed by atoms with E-state index in [1.807, 2.05) is 0 Å². The van der Waals surface area contributed by atoms with Crippen LogP contribution in [0.5, 0.6) is 0 Å². The second-order valence-electron chi connectivity index (χ2n) is 5.61. The standard InChI is InChI=1S/C16H20Cl2N2O3S/c17-14-7-6-13(10-15(14)18)24(22,23)20-11-16(21)19-9-8-12-4-2-1-3-5-12/h4,6-7,10,20H,1-3,5,8-9,11H2,(H,19,21). The molecule has 8 heteroatoms. The van der Waals surface area contributed by atoms with Gasteiger partial charge in [0.1, 0.15) is 0 Å². The molecule has 24 heavy (non-hydrogen) atoms. The van der Waals surface area contributed by atoms with Crippen LogP contribution in [0.3, 0.4) is 0 Å². The molecule has 2 N–H and O–H groups in total. The van der Waals surface area contributed by atoms with Gasteiger partial charge < -0.3 is 5.32 Å². The van der Waals surface area contributed by atoms with Crippen LogP contribution < -0.4 is 10.0 Å². The monoisotopic (exact) mass is 390 g/mol. The Hall–Kier alpha value is -1.08. The van der Waals surface area contributed by atoms with Crippen LogP contribution in [-0.2, 0) is 14.8 Å². The Morgan fingerprint density at radius 1 is 1.17 bits per heavy atom. The number of halogens is 2. The van der Waals surface area contributed by atoms with Gasteiger partial charge in [-0.05, 0) is 50.3 Å². The number of allylic oxidation sites excluding steroid dienone is 1. The molecule has 0 aliphatic heterocycles. The van der Waals surface area contributed by atoms with Crippen molar-refractivity contribution in [1.29, 1.82) is 0 Å². The zero-order valence-electron chi connectivity index (χ0n) is 13.1. The van der Waals surface area contributed by atoms with E-state index in [0.717, 1.165) is 19.3 Å². The topological polar surface area (TPSA) is 75.3 Å². The van der Waals surface area contributed by atoms with E-state index in [2.05, 4.69) is 16.1 Å². The van der Waals surface area contributed by atoms with E-state index in [1.165, 1.54) is 36.6 Å². The Labute approximate surface area is 152 Å². The molecule has 0 bridgehead atoms. The third-order valence-electron chi connectivity index (χ3n) is 3.78. The van der Waals surface area contributed by atoms with Gasteiger partial charge in [0.15, 0.2) is 0 Å². The van der Waals surface area contributed by atoms with Crippen LogP contribution in [0.2, 0.25) is 10.0 Å². The number of rotatable bonds is 7. The van der Waals surface area contributed by atoms with Crippen molar-refractivity contribution in [2.24, 2.45) is 0 Å². The molecule has 0 saturated carbocycles. The summed E-state index contributed by atoms with van der Waals surface area (Å²) in [5, 5.41) is 3.13. The van der Waals surface area contributed by atoms with E-state index in [0.29, 0.717) is 6.54 Å². The molecular formula is C16H20Cl2N2O3S. The molecule has 0 spiro atoms. The molecule has 0 radical (unpaired) electrons. The SMILES string of the molecule is O=C(CNS(=O)(=O)c1ccc(Cl)c(Cl)c1)NCCC1=CCCCC1. The van der Waals surface area contributed by atoms with E-state index >= 15 is 0 Å². The molecule has 0 fully saturated rings. The Morgan fingerprint density at radius 2 is 1.96 bits per heavy atom. The lowest BCUT2D eigenvalue weighted by atomic mass is 9.97. The summed E-state index contributed by atoms with van der Waals surface area (Å²) in [6, 6.07) is 3.99. The van der Waals surface area contributed by atoms with Gasteiger partial charge in [0.05, 0.1) is 21.5 Å². The summed E-state index contributed by atoms with van der Waals surface area (Å²) in [5.74, 6) is -0.366. The van der Waals surface area contributed by atoms with E-state index in [-0.39, 0.29) is 27.4 Å². The van der Waals surface area contributed by atoms with Crippen LogP contribution in [0.15, 0.2) is 34.7 Å². The fourth-order valence-corrected chi connectivity index (χ4v) is 3.82. The van der Waals surface area contributed by atoms with Crippen molar-refractivity contribution in [3.05, 3.63) is 39.9 Å². The van der Waals surface area contributed by atoms with E-state index < -0.39 is 10.0 Å². The minimum atomic E-state index is -3.81. The molecule has 0 unspecified atom stereocenters. The van der Waals surface area contributed by atoms with Crippen molar-refractivity contribution in [3.8, 4) is 0 Å². The van der Waals surface area contributed by atoms with Crippen LogP contribution >= 0.6 is 23.2 Å². The summed E-state index contributed by atoms with van der Waals surface area (Å²) in [5.41, 5.74) is 1.36. The van der Waals surface area contributed by atoms with Crippen molar-refractivity contribution in [3.63, 3.8) is 0 Å². The average molecular weight is 391 g/mol. The van der Waals surface area contributed by atoms with Crippen molar-refractivity contribution in [1.82, 2.24) is 10.0 Å². The molecule has 2 rings (SSSR count). The summed E-state index contributed by atoms with van der Waals surface area (Å²) in [6.07, 6.45) is 7.65. The number of benzene rings is 1. The summed E-state index contributed by atoms with van der Waals surface area (Å²) < 4.78 is 26.5. The predicted molar refractivity (Wildman–Crippen MR) is 95.8 cm³/mol. The first-order valence-corrected chi connectivity index (χ1v) is 10.0. The number of carbonyl (C=O) groups is 1. The molecule has 1 amide bonds. The lowest BCUT2D eigenvalue weighted by molar-refractivity contribution is -0.119. The maximum Gasteiger partial charge on any atom is 0.241 e. The molecule has 0 aromatic heterocycles. The largest absolute Gasteiger partial charge is 0.355 e. The number of carbonyl (C=O) groups excluding carboxylic acids is 1. The highest BCUT2D eigenvalue weighted by Crippen LogP contribution is 2.24. The number of sulfonamides is 1. The van der Waals surface area contributed by atoms with Crippen LogP contribution in [0, 0.1) is 0 Å². The van der Waals surface area contributed by atoms with Gasteiger partial charge in [-0.2, -0.15) is 0 Å². The van der Waals surface area contributed by atoms with Gasteiger partial charge >= 0.3 is 0 Å². The Kier molecular flexibility index (Phi) is 7.10. The van der Waals surface area contributed by atoms with E-state index in [9.17, 15) is 13.2 Å². The minimum absolute atomic E-state index is 0.0305.